The van der Waals surface area contributed by atoms with Crippen LogP contribution in [0, 0.1) is 0 Å². The normalized spacial score (nSPS) is 15.7. The minimum absolute atomic E-state index is 0.0924. The molecule has 7 heteroatoms. The second-order valence-electron chi connectivity index (χ2n) is 1.75. The predicted octanol–water partition coefficient (Wildman–Crippen LogP) is 0.00210. The summed E-state index contributed by atoms with van der Waals surface area (Å²) in [5, 5.41) is 8.13. The summed E-state index contributed by atoms with van der Waals surface area (Å²) in [6.07, 6.45) is 0.0916. The van der Waals surface area contributed by atoms with E-state index < -0.39 is 15.0 Å². The summed E-state index contributed by atoms with van der Waals surface area (Å²) in [6, 6.07) is 0. The van der Waals surface area contributed by atoms with Gasteiger partial charge >= 0.3 is 5.97 Å². The third kappa shape index (κ3) is 9.76. The summed E-state index contributed by atoms with van der Waals surface area (Å²) in [5.41, 5.74) is 0. The lowest BCUT2D eigenvalue weighted by Gasteiger charge is -1.98. The average Bonchev–Trinajstić information content (AvgIpc) is 1.78. The Labute approximate surface area is 69.1 Å². The Bertz CT molecular complexity index is 219. The van der Waals surface area contributed by atoms with Gasteiger partial charge in [0.05, 0.1) is 6.61 Å². The molecule has 0 saturated heterocycles. The summed E-state index contributed by atoms with van der Waals surface area (Å²) in [4.78, 5) is 9.91. The van der Waals surface area contributed by atoms with Crippen LogP contribution in [0.25, 0.3) is 0 Å². The Morgan fingerprint density at radius 1 is 1.64 bits per heavy atom. The smallest absolute Gasteiger partial charge is 0.303 e. The second-order valence-corrected chi connectivity index (χ2v) is 4.10. The third-order valence-electron chi connectivity index (χ3n) is 0.767. The van der Waals surface area contributed by atoms with Crippen LogP contribution in [0.4, 0.5) is 0 Å². The van der Waals surface area contributed by atoms with E-state index >= 15 is 0 Å². The van der Waals surface area contributed by atoms with Crippen LogP contribution in [0.15, 0.2) is 0 Å². The number of carbonyl (C=O) groups is 1. The maximum absolute atomic E-state index is 10.2. The van der Waals surface area contributed by atoms with Crippen molar-refractivity contribution in [2.24, 2.45) is 0 Å². The van der Waals surface area contributed by atoms with Gasteiger partial charge in [-0.2, -0.15) is 4.21 Å². The van der Waals surface area contributed by atoms with Gasteiger partial charge in [-0.15, -0.1) is 0 Å². The van der Waals surface area contributed by atoms with Gasteiger partial charge < -0.3 is 5.11 Å². The molecule has 0 radical (unpaired) electrons. The van der Waals surface area contributed by atoms with Gasteiger partial charge in [0.25, 0.3) is 9.05 Å². The van der Waals surface area contributed by atoms with Crippen molar-refractivity contribution in [1.82, 2.24) is 0 Å². The molecule has 0 amide bonds. The largest absolute Gasteiger partial charge is 0.481 e. The minimum atomic E-state index is -3.58. The van der Waals surface area contributed by atoms with E-state index in [4.69, 9.17) is 9.66 Å². The fraction of sp³-hybridized carbons (Fsp3) is 0.750. The van der Waals surface area contributed by atoms with Gasteiger partial charge in [-0.05, 0) is 6.42 Å². The number of carboxylic acid groups (broad SMARTS) is 1. The molecule has 1 unspecified atom stereocenters. The van der Waals surface area contributed by atoms with Crippen molar-refractivity contribution in [1.29, 1.82) is 0 Å². The molecule has 0 aromatic carbocycles. The highest BCUT2D eigenvalue weighted by Gasteiger charge is 2.00. The Morgan fingerprint density at radius 3 is 2.55 bits per heavy atom. The molecule has 0 heterocycles. The van der Waals surface area contributed by atoms with Crippen LogP contribution in [0.2, 0.25) is 0 Å². The van der Waals surface area contributed by atoms with Crippen LogP contribution in [-0.2, 0) is 29.2 Å². The average molecular weight is 200 g/mol. The quantitative estimate of drug-likeness (QED) is 0.608. The minimum Gasteiger partial charge on any atom is -0.481 e. The molecule has 5 nitrogen and oxygen atoms in total. The van der Waals surface area contributed by atoms with Crippen LogP contribution in [-0.4, -0.2) is 26.4 Å². The highest BCUT2D eigenvalue weighted by molar-refractivity contribution is 8.27. The maximum atomic E-state index is 10.2. The Kier molecular flexibility index (Phi) is 4.50. The lowest BCUT2D eigenvalue weighted by Crippen LogP contribution is -2.05. The second kappa shape index (κ2) is 4.60. The lowest BCUT2D eigenvalue weighted by molar-refractivity contribution is -0.137. The molecule has 0 spiro atoms. The van der Waals surface area contributed by atoms with E-state index in [1.165, 1.54) is 0 Å². The fourth-order valence-corrected chi connectivity index (χ4v) is 0.920. The molecule has 11 heavy (non-hydrogen) atoms. The molecule has 0 aliphatic rings. The van der Waals surface area contributed by atoms with Crippen molar-refractivity contribution < 1.29 is 22.8 Å². The van der Waals surface area contributed by atoms with E-state index in [-0.39, 0.29) is 19.4 Å². The van der Waals surface area contributed by atoms with E-state index in [1.807, 2.05) is 0 Å². The van der Waals surface area contributed by atoms with Crippen molar-refractivity contribution in [2.45, 2.75) is 12.8 Å². The highest BCUT2D eigenvalue weighted by atomic mass is 32.9. The first-order chi connectivity index (χ1) is 4.92. The first-order valence-corrected chi connectivity index (χ1v) is 5.12. The van der Waals surface area contributed by atoms with Crippen LogP contribution in [0.5, 0.6) is 0 Å². The first-order valence-electron chi connectivity index (χ1n) is 2.75. The van der Waals surface area contributed by atoms with E-state index in [1.54, 1.807) is 0 Å². The molecule has 0 aromatic rings. The number of hydrogen-bond donors (Lipinski definition) is 2. The van der Waals surface area contributed by atoms with Crippen LogP contribution < -0.4 is 0 Å². The Balaban J connectivity index is 3.37. The standard InChI is InChI=1S/C4H8O5S2/c5-4(6)2-1-3-9-11(7,8)10/h1-3H2,(H,5,6)(H,7,8,10). The molecule has 0 aromatic heterocycles. The highest BCUT2D eigenvalue weighted by Crippen LogP contribution is 1.93. The van der Waals surface area contributed by atoms with E-state index in [0.29, 0.717) is 0 Å². The first kappa shape index (κ1) is 10.8. The van der Waals surface area contributed by atoms with E-state index in [9.17, 15) is 9.00 Å². The topological polar surface area (TPSA) is 83.8 Å². The molecule has 0 rings (SSSR count). The summed E-state index contributed by atoms with van der Waals surface area (Å²) >= 11 is 3.98. The molecular weight excluding hydrogens is 192 g/mol. The van der Waals surface area contributed by atoms with Crippen LogP contribution >= 0.6 is 0 Å². The number of rotatable bonds is 5. The van der Waals surface area contributed by atoms with Gasteiger partial charge in [-0.25, -0.2) is 0 Å². The SMILES string of the molecule is O=C(O)CCCOS(=O)(O)=S. The van der Waals surface area contributed by atoms with Gasteiger partial charge in [0.2, 0.25) is 0 Å². The fourth-order valence-electron chi connectivity index (χ4n) is 0.388. The number of carboxylic acids is 1. The van der Waals surface area contributed by atoms with Crippen molar-refractivity contribution in [3.63, 3.8) is 0 Å². The maximum Gasteiger partial charge on any atom is 0.303 e. The molecule has 2 N–H and O–H groups in total. The summed E-state index contributed by atoms with van der Waals surface area (Å²) in [7, 11) is -3.58. The van der Waals surface area contributed by atoms with Gasteiger partial charge in [0, 0.05) is 17.6 Å². The molecule has 0 saturated carbocycles. The summed E-state index contributed by atoms with van der Waals surface area (Å²) in [5.74, 6) is -0.970. The van der Waals surface area contributed by atoms with Crippen molar-refractivity contribution in [3.05, 3.63) is 0 Å². The molecule has 0 bridgehead atoms. The molecule has 0 aliphatic heterocycles. The Morgan fingerprint density at radius 2 is 2.18 bits per heavy atom. The lowest BCUT2D eigenvalue weighted by atomic mass is 10.3. The third-order valence-corrected chi connectivity index (χ3v) is 1.52. The van der Waals surface area contributed by atoms with Crippen LogP contribution in [0.3, 0.4) is 0 Å². The predicted molar refractivity (Wildman–Crippen MR) is 41.0 cm³/mol. The van der Waals surface area contributed by atoms with Crippen LogP contribution in [0.1, 0.15) is 12.8 Å². The zero-order chi connectivity index (χ0) is 8.91. The van der Waals surface area contributed by atoms with E-state index in [2.05, 4.69) is 15.4 Å². The molecule has 0 fully saturated rings. The number of aliphatic carboxylic acids is 1. The summed E-state index contributed by atoms with van der Waals surface area (Å²) < 4.78 is 22.8. The monoisotopic (exact) mass is 200 g/mol. The van der Waals surface area contributed by atoms with Gasteiger partial charge in [0.1, 0.15) is 0 Å². The van der Waals surface area contributed by atoms with Gasteiger partial charge in [-0.1, -0.05) is 0 Å². The van der Waals surface area contributed by atoms with Gasteiger partial charge in [-0.3, -0.25) is 13.5 Å². The summed E-state index contributed by atoms with van der Waals surface area (Å²) in [6.45, 7) is -0.106. The van der Waals surface area contributed by atoms with Crippen molar-refractivity contribution in [3.8, 4) is 0 Å². The van der Waals surface area contributed by atoms with E-state index in [0.717, 1.165) is 0 Å². The zero-order valence-electron chi connectivity index (χ0n) is 5.56. The van der Waals surface area contributed by atoms with Crippen molar-refractivity contribution >= 4 is 26.2 Å². The molecule has 0 aliphatic carbocycles. The van der Waals surface area contributed by atoms with Crippen molar-refractivity contribution in [2.75, 3.05) is 6.61 Å². The molecule has 1 atom stereocenters. The molecule has 66 valence electrons. The van der Waals surface area contributed by atoms with Gasteiger partial charge in [0.15, 0.2) is 0 Å². The zero-order valence-corrected chi connectivity index (χ0v) is 7.19. The number of hydrogen-bond acceptors (Lipinski definition) is 4. The molecular formula is C4H8O5S2. The Hall–Kier alpha value is -0.240.